The molecule has 1 aromatic heterocycles. The lowest BCUT2D eigenvalue weighted by Gasteiger charge is -2.22. The standard InChI is InChI=1S/C25H23N3O8S/c1-34-22(29)11-18-15-37-23(26-18)21-12-20(36-24(30)17-5-3-2-4-6-17)13-27(21)25(31)35-14-16-7-9-19(10-8-16)28(32)33/h2-10,15,20-21H,11-14H2,1H3/t20-,21+/m1/s1. The summed E-state index contributed by atoms with van der Waals surface area (Å²) in [5, 5.41) is 13.1. The Kier molecular flexibility index (Phi) is 8.08. The summed E-state index contributed by atoms with van der Waals surface area (Å²) in [6, 6.07) is 13.7. The minimum atomic E-state index is -0.647. The number of hydrogen-bond donors (Lipinski definition) is 0. The number of esters is 2. The molecular weight excluding hydrogens is 502 g/mol. The number of aromatic nitrogens is 1. The molecule has 1 aliphatic rings. The molecule has 0 saturated carbocycles. The van der Waals surface area contributed by atoms with Crippen LogP contribution in [0.15, 0.2) is 60.0 Å². The molecule has 12 heteroatoms. The monoisotopic (exact) mass is 525 g/mol. The van der Waals surface area contributed by atoms with E-state index in [1.165, 1.54) is 47.6 Å². The molecule has 0 bridgehead atoms. The van der Waals surface area contributed by atoms with Crippen molar-refractivity contribution in [2.75, 3.05) is 13.7 Å². The van der Waals surface area contributed by atoms with Gasteiger partial charge in [-0.05, 0) is 29.8 Å². The van der Waals surface area contributed by atoms with E-state index in [1.54, 1.807) is 35.7 Å². The zero-order valence-corrected chi connectivity index (χ0v) is 20.6. The van der Waals surface area contributed by atoms with Crippen LogP contribution in [0.25, 0.3) is 0 Å². The minimum absolute atomic E-state index is 0.00324. The van der Waals surface area contributed by atoms with E-state index >= 15 is 0 Å². The molecule has 1 saturated heterocycles. The lowest BCUT2D eigenvalue weighted by atomic mass is 10.2. The number of nitro benzene ring substituents is 1. The first-order chi connectivity index (χ1) is 17.8. The Morgan fingerprint density at radius 1 is 1.14 bits per heavy atom. The number of carbonyl (C=O) groups is 3. The molecule has 1 fully saturated rings. The average Bonchev–Trinajstić information content (AvgIpc) is 3.55. The van der Waals surface area contributed by atoms with Gasteiger partial charge in [0.2, 0.25) is 0 Å². The smallest absolute Gasteiger partial charge is 0.410 e. The van der Waals surface area contributed by atoms with Crippen LogP contribution in [0.5, 0.6) is 0 Å². The van der Waals surface area contributed by atoms with E-state index in [0.717, 1.165) is 0 Å². The molecule has 2 heterocycles. The Balaban J connectivity index is 1.48. The maximum absolute atomic E-state index is 13.1. The second-order valence-corrected chi connectivity index (χ2v) is 9.10. The fraction of sp³-hybridized carbons (Fsp3) is 0.280. The molecule has 0 spiro atoms. The topological polar surface area (TPSA) is 138 Å². The third-order valence-corrected chi connectivity index (χ3v) is 6.69. The second-order valence-electron chi connectivity index (χ2n) is 8.21. The van der Waals surface area contributed by atoms with E-state index in [1.807, 2.05) is 0 Å². The number of hydrogen-bond acceptors (Lipinski definition) is 10. The fourth-order valence-electron chi connectivity index (χ4n) is 3.83. The van der Waals surface area contributed by atoms with Crippen molar-refractivity contribution < 1.29 is 33.5 Å². The van der Waals surface area contributed by atoms with E-state index in [-0.39, 0.29) is 25.3 Å². The summed E-state index contributed by atoms with van der Waals surface area (Å²) >= 11 is 1.28. The molecule has 4 rings (SSSR count). The Morgan fingerprint density at radius 2 is 1.86 bits per heavy atom. The van der Waals surface area contributed by atoms with Crippen LogP contribution in [0.4, 0.5) is 10.5 Å². The van der Waals surface area contributed by atoms with Crippen LogP contribution in [0.2, 0.25) is 0 Å². The highest BCUT2D eigenvalue weighted by molar-refractivity contribution is 7.09. The predicted molar refractivity (Wildman–Crippen MR) is 131 cm³/mol. The van der Waals surface area contributed by atoms with Crippen LogP contribution in [0.3, 0.4) is 0 Å². The number of non-ortho nitro benzene ring substituents is 1. The first-order valence-corrected chi connectivity index (χ1v) is 12.2. The average molecular weight is 526 g/mol. The zero-order chi connectivity index (χ0) is 26.4. The fourth-order valence-corrected chi connectivity index (χ4v) is 4.77. The Hall–Kier alpha value is -4.32. The highest BCUT2D eigenvalue weighted by Gasteiger charge is 2.41. The Bertz CT molecular complexity index is 1280. The molecule has 11 nitrogen and oxygen atoms in total. The van der Waals surface area contributed by atoms with Gasteiger partial charge in [0.15, 0.2) is 0 Å². The molecule has 0 unspecified atom stereocenters. The van der Waals surface area contributed by atoms with Gasteiger partial charge in [0.05, 0.1) is 42.3 Å². The summed E-state index contributed by atoms with van der Waals surface area (Å²) in [7, 11) is 1.29. The third-order valence-electron chi connectivity index (χ3n) is 5.70. The van der Waals surface area contributed by atoms with Crippen LogP contribution in [0.1, 0.15) is 39.1 Å². The van der Waals surface area contributed by atoms with Crippen molar-refractivity contribution in [2.45, 2.75) is 31.6 Å². The largest absolute Gasteiger partial charge is 0.469 e. The quantitative estimate of drug-likeness (QED) is 0.184. The summed E-state index contributed by atoms with van der Waals surface area (Å²) in [5.41, 5.74) is 1.42. The molecule has 1 aliphatic heterocycles. The van der Waals surface area contributed by atoms with Crippen molar-refractivity contribution >= 4 is 35.1 Å². The Morgan fingerprint density at radius 3 is 2.54 bits per heavy atom. The number of benzene rings is 2. The van der Waals surface area contributed by atoms with Crippen LogP contribution < -0.4 is 0 Å². The summed E-state index contributed by atoms with van der Waals surface area (Å²) in [6.07, 6.45) is -0.948. The van der Waals surface area contributed by atoms with Crippen molar-refractivity contribution in [3.63, 3.8) is 0 Å². The highest BCUT2D eigenvalue weighted by atomic mass is 32.1. The number of nitrogens with zero attached hydrogens (tertiary/aromatic N) is 3. The van der Waals surface area contributed by atoms with Gasteiger partial charge in [-0.15, -0.1) is 11.3 Å². The Labute approximate surface area is 215 Å². The van der Waals surface area contributed by atoms with Gasteiger partial charge in [-0.3, -0.25) is 19.8 Å². The molecule has 0 radical (unpaired) electrons. The summed E-state index contributed by atoms with van der Waals surface area (Å²) < 4.78 is 15.8. The first-order valence-electron chi connectivity index (χ1n) is 11.3. The highest BCUT2D eigenvalue weighted by Crippen LogP contribution is 2.36. The van der Waals surface area contributed by atoms with Gasteiger partial charge in [-0.1, -0.05) is 18.2 Å². The molecule has 2 aromatic carbocycles. The van der Waals surface area contributed by atoms with E-state index in [9.17, 15) is 24.5 Å². The number of nitro groups is 1. The molecular formula is C25H23N3O8S. The van der Waals surface area contributed by atoms with E-state index in [4.69, 9.17) is 14.2 Å². The maximum Gasteiger partial charge on any atom is 0.410 e. The normalized spacial score (nSPS) is 16.7. The van der Waals surface area contributed by atoms with Crippen molar-refractivity contribution in [1.29, 1.82) is 0 Å². The number of carbonyl (C=O) groups excluding carboxylic acids is 3. The summed E-state index contributed by atoms with van der Waals surface area (Å²) in [4.78, 5) is 53.6. The molecule has 2 atom stereocenters. The number of rotatable bonds is 8. The zero-order valence-electron chi connectivity index (χ0n) is 19.8. The van der Waals surface area contributed by atoms with Crippen LogP contribution in [-0.4, -0.2) is 52.6 Å². The molecule has 3 aromatic rings. The van der Waals surface area contributed by atoms with Crippen molar-refractivity contribution in [1.82, 2.24) is 9.88 Å². The van der Waals surface area contributed by atoms with Gasteiger partial charge in [0.25, 0.3) is 5.69 Å². The number of methoxy groups -OCH3 is 1. The molecule has 0 N–H and O–H groups in total. The lowest BCUT2D eigenvalue weighted by molar-refractivity contribution is -0.384. The first kappa shape index (κ1) is 25.8. The SMILES string of the molecule is COC(=O)Cc1csc([C@@H]2C[C@@H](OC(=O)c3ccccc3)CN2C(=O)OCc2ccc([N+](=O)[O-])cc2)n1. The summed E-state index contributed by atoms with van der Waals surface area (Å²) in [5.74, 6) is -0.937. The number of thiazole rings is 1. The second kappa shape index (κ2) is 11.6. The van der Waals surface area contributed by atoms with E-state index < -0.39 is 35.1 Å². The molecule has 37 heavy (non-hydrogen) atoms. The minimum Gasteiger partial charge on any atom is -0.469 e. The van der Waals surface area contributed by atoms with Crippen molar-refractivity contribution in [2.24, 2.45) is 0 Å². The third kappa shape index (κ3) is 6.47. The van der Waals surface area contributed by atoms with Gasteiger partial charge >= 0.3 is 18.0 Å². The van der Waals surface area contributed by atoms with Gasteiger partial charge < -0.3 is 14.2 Å². The van der Waals surface area contributed by atoms with Crippen molar-refractivity contribution in [3.8, 4) is 0 Å². The van der Waals surface area contributed by atoms with Gasteiger partial charge in [0.1, 0.15) is 17.7 Å². The van der Waals surface area contributed by atoms with Crippen molar-refractivity contribution in [3.05, 3.63) is 91.9 Å². The van der Waals surface area contributed by atoms with E-state index in [0.29, 0.717) is 28.2 Å². The van der Waals surface area contributed by atoms with Gasteiger partial charge in [-0.2, -0.15) is 0 Å². The summed E-state index contributed by atoms with van der Waals surface area (Å²) in [6.45, 7) is -0.00573. The predicted octanol–water partition coefficient (Wildman–Crippen LogP) is 4.08. The van der Waals surface area contributed by atoms with Gasteiger partial charge in [0, 0.05) is 23.9 Å². The van der Waals surface area contributed by atoms with Crippen LogP contribution >= 0.6 is 11.3 Å². The molecule has 192 valence electrons. The van der Waals surface area contributed by atoms with Gasteiger partial charge in [-0.25, -0.2) is 14.6 Å². The number of amides is 1. The number of likely N-dealkylation sites (tertiary alicyclic amines) is 1. The molecule has 0 aliphatic carbocycles. The van der Waals surface area contributed by atoms with E-state index in [2.05, 4.69) is 4.98 Å². The lowest BCUT2D eigenvalue weighted by Crippen LogP contribution is -2.33. The number of ether oxygens (including phenoxy) is 3. The maximum atomic E-state index is 13.1. The van der Waals surface area contributed by atoms with Crippen LogP contribution in [0, 0.1) is 10.1 Å². The molecule has 1 amide bonds. The van der Waals surface area contributed by atoms with Crippen LogP contribution in [-0.2, 0) is 32.0 Å².